The Morgan fingerprint density at radius 1 is 1.21 bits per heavy atom. The van der Waals surface area contributed by atoms with Gasteiger partial charge in [-0.05, 0) is 30.7 Å². The zero-order chi connectivity index (χ0) is 13.0. The molecule has 4 rings (SSSR count). The number of benzene rings is 1. The van der Waals surface area contributed by atoms with Gasteiger partial charge in [0, 0.05) is 27.8 Å². The van der Waals surface area contributed by atoms with Gasteiger partial charge in [-0.15, -0.1) is 0 Å². The summed E-state index contributed by atoms with van der Waals surface area (Å²) in [6, 6.07) is 7.85. The number of nitrogens with one attached hydrogen (secondary N) is 1. The fourth-order valence-electron chi connectivity index (χ4n) is 3.81. The van der Waals surface area contributed by atoms with Gasteiger partial charge < -0.3 is 5.73 Å². The molecule has 0 spiro atoms. The minimum Gasteiger partial charge on any atom is -0.382 e. The smallest absolute Gasteiger partial charge is 0.153 e. The first kappa shape index (κ1) is 11.4. The van der Waals surface area contributed by atoms with Gasteiger partial charge in [0.25, 0.3) is 0 Å². The third-order valence-corrected chi connectivity index (χ3v) is 5.03. The lowest BCUT2D eigenvalue weighted by Gasteiger charge is -2.07. The number of nitrogen functional groups attached to an aromatic ring is 1. The van der Waals surface area contributed by atoms with Crippen LogP contribution in [-0.4, -0.2) is 10.2 Å². The van der Waals surface area contributed by atoms with Crippen molar-refractivity contribution >= 4 is 17.4 Å². The minimum atomic E-state index is 0.563. The van der Waals surface area contributed by atoms with Gasteiger partial charge in [0.1, 0.15) is 0 Å². The van der Waals surface area contributed by atoms with Gasteiger partial charge >= 0.3 is 0 Å². The summed E-state index contributed by atoms with van der Waals surface area (Å²) in [5.74, 6) is 2.85. The van der Waals surface area contributed by atoms with E-state index < -0.39 is 0 Å². The molecule has 2 unspecified atom stereocenters. The molecule has 0 aliphatic heterocycles. The number of nitrogens with two attached hydrogens (primary N) is 1. The molecular weight excluding hydrogens is 258 g/mol. The number of H-pyrrole nitrogens is 1. The highest BCUT2D eigenvalue weighted by atomic mass is 35.5. The van der Waals surface area contributed by atoms with Crippen molar-refractivity contribution in [3.05, 3.63) is 35.0 Å². The van der Waals surface area contributed by atoms with Crippen LogP contribution in [0.25, 0.3) is 11.1 Å². The largest absolute Gasteiger partial charge is 0.382 e. The van der Waals surface area contributed by atoms with Crippen LogP contribution in [0.3, 0.4) is 0 Å². The first-order valence-electron chi connectivity index (χ1n) is 6.86. The molecule has 1 aromatic heterocycles. The number of halogens is 1. The molecular formula is C15H16ClN3. The molecule has 0 saturated heterocycles. The van der Waals surface area contributed by atoms with Crippen LogP contribution in [0.2, 0.25) is 5.02 Å². The van der Waals surface area contributed by atoms with Crippen molar-refractivity contribution in [3.8, 4) is 11.1 Å². The lowest BCUT2D eigenvalue weighted by molar-refractivity contribution is 0.670. The van der Waals surface area contributed by atoms with Gasteiger partial charge in [0.05, 0.1) is 0 Å². The molecule has 3 N–H and O–H groups in total. The van der Waals surface area contributed by atoms with Crippen molar-refractivity contribution in [2.24, 2.45) is 11.8 Å². The third kappa shape index (κ3) is 1.61. The first-order chi connectivity index (χ1) is 9.27. The molecule has 98 valence electrons. The molecule has 0 bridgehead atoms. The molecule has 2 aromatic rings. The summed E-state index contributed by atoms with van der Waals surface area (Å²) < 4.78 is 0. The summed E-state index contributed by atoms with van der Waals surface area (Å²) in [4.78, 5) is 0. The van der Waals surface area contributed by atoms with E-state index in [-0.39, 0.29) is 0 Å². The molecule has 2 fully saturated rings. The summed E-state index contributed by atoms with van der Waals surface area (Å²) in [7, 11) is 0. The maximum absolute atomic E-state index is 6.31. The van der Waals surface area contributed by atoms with Crippen LogP contribution in [-0.2, 0) is 0 Å². The summed E-state index contributed by atoms with van der Waals surface area (Å²) in [5, 5.41) is 8.11. The monoisotopic (exact) mass is 273 g/mol. The predicted octanol–water partition coefficient (Wildman–Crippen LogP) is 3.83. The van der Waals surface area contributed by atoms with Crippen LogP contribution in [0.5, 0.6) is 0 Å². The SMILES string of the molecule is Nc1n[nH]c(C2C3CCCC32)c1-c1ccccc1Cl. The van der Waals surface area contributed by atoms with Crippen molar-refractivity contribution in [1.29, 1.82) is 0 Å². The Bertz CT molecular complexity index is 624. The van der Waals surface area contributed by atoms with Crippen LogP contribution < -0.4 is 5.73 Å². The van der Waals surface area contributed by atoms with Gasteiger partial charge in [-0.1, -0.05) is 36.2 Å². The first-order valence-corrected chi connectivity index (χ1v) is 7.24. The number of rotatable bonds is 2. The molecule has 0 amide bonds. The van der Waals surface area contributed by atoms with E-state index in [1.54, 1.807) is 0 Å². The topological polar surface area (TPSA) is 54.7 Å². The Morgan fingerprint density at radius 3 is 2.68 bits per heavy atom. The molecule has 19 heavy (non-hydrogen) atoms. The molecule has 2 aliphatic carbocycles. The highest BCUT2D eigenvalue weighted by molar-refractivity contribution is 6.33. The van der Waals surface area contributed by atoms with Crippen LogP contribution in [0.15, 0.2) is 24.3 Å². The van der Waals surface area contributed by atoms with Crippen LogP contribution in [0.1, 0.15) is 30.9 Å². The fraction of sp³-hybridized carbons (Fsp3) is 0.400. The van der Waals surface area contributed by atoms with E-state index in [9.17, 15) is 0 Å². The average Bonchev–Trinajstić information content (AvgIpc) is 2.78. The molecule has 0 radical (unpaired) electrons. The average molecular weight is 274 g/mol. The standard InChI is InChI=1S/C15H16ClN3/c16-11-7-2-1-4-10(11)13-14(18-19-15(13)17)12-8-5-3-6-9(8)12/h1-2,4,7-9,12H,3,5-6H2,(H3,17,18,19). The Hall–Kier alpha value is -1.48. The van der Waals surface area contributed by atoms with E-state index >= 15 is 0 Å². The molecule has 2 saturated carbocycles. The Kier molecular flexibility index (Phi) is 2.39. The summed E-state index contributed by atoms with van der Waals surface area (Å²) in [5.41, 5.74) is 9.27. The molecule has 1 heterocycles. The minimum absolute atomic E-state index is 0.563. The van der Waals surface area contributed by atoms with Crippen molar-refractivity contribution in [2.75, 3.05) is 5.73 Å². The second kappa shape index (κ2) is 4.01. The highest BCUT2D eigenvalue weighted by Crippen LogP contribution is 2.64. The van der Waals surface area contributed by atoms with Gasteiger partial charge in [0.2, 0.25) is 0 Å². The second-order valence-corrected chi connectivity index (χ2v) is 6.07. The zero-order valence-corrected chi connectivity index (χ0v) is 11.3. The lowest BCUT2D eigenvalue weighted by atomic mass is 9.99. The molecule has 2 atom stereocenters. The number of aromatic nitrogens is 2. The van der Waals surface area contributed by atoms with E-state index in [1.807, 2.05) is 24.3 Å². The van der Waals surface area contributed by atoms with Crippen LogP contribution in [0.4, 0.5) is 5.82 Å². The van der Waals surface area contributed by atoms with E-state index in [4.69, 9.17) is 17.3 Å². The predicted molar refractivity (Wildman–Crippen MR) is 77.0 cm³/mol. The molecule has 4 heteroatoms. The fourth-order valence-corrected chi connectivity index (χ4v) is 4.04. The van der Waals surface area contributed by atoms with E-state index in [0.717, 1.165) is 28.0 Å². The van der Waals surface area contributed by atoms with E-state index in [2.05, 4.69) is 10.2 Å². The van der Waals surface area contributed by atoms with Crippen molar-refractivity contribution in [1.82, 2.24) is 10.2 Å². The summed E-state index contributed by atoms with van der Waals surface area (Å²) >= 11 is 6.31. The normalized spacial score (nSPS) is 28.4. The lowest BCUT2D eigenvalue weighted by Crippen LogP contribution is -1.93. The van der Waals surface area contributed by atoms with E-state index in [1.165, 1.54) is 25.0 Å². The van der Waals surface area contributed by atoms with Gasteiger partial charge in [-0.25, -0.2) is 0 Å². The quantitative estimate of drug-likeness (QED) is 0.874. The Labute approximate surface area is 117 Å². The van der Waals surface area contributed by atoms with Crippen molar-refractivity contribution in [3.63, 3.8) is 0 Å². The van der Waals surface area contributed by atoms with E-state index in [0.29, 0.717) is 11.7 Å². The Morgan fingerprint density at radius 2 is 1.95 bits per heavy atom. The maximum Gasteiger partial charge on any atom is 0.153 e. The second-order valence-electron chi connectivity index (χ2n) is 5.66. The van der Waals surface area contributed by atoms with Crippen molar-refractivity contribution in [2.45, 2.75) is 25.2 Å². The van der Waals surface area contributed by atoms with Gasteiger partial charge in [0.15, 0.2) is 5.82 Å². The van der Waals surface area contributed by atoms with Gasteiger partial charge in [-0.2, -0.15) is 5.10 Å². The number of hydrogen-bond acceptors (Lipinski definition) is 2. The summed E-state index contributed by atoms with van der Waals surface area (Å²) in [6.07, 6.45) is 4.06. The molecule has 1 aromatic carbocycles. The number of anilines is 1. The maximum atomic E-state index is 6.31. The molecule has 2 aliphatic rings. The molecule has 3 nitrogen and oxygen atoms in total. The van der Waals surface area contributed by atoms with Gasteiger partial charge in [-0.3, -0.25) is 5.10 Å². The zero-order valence-electron chi connectivity index (χ0n) is 10.6. The number of aromatic amines is 1. The van der Waals surface area contributed by atoms with Crippen LogP contribution in [0, 0.1) is 11.8 Å². The van der Waals surface area contributed by atoms with Crippen molar-refractivity contribution < 1.29 is 0 Å². The third-order valence-electron chi connectivity index (χ3n) is 4.71. The number of fused-ring (bicyclic) bond motifs is 1. The highest BCUT2D eigenvalue weighted by Gasteiger charge is 2.54. The summed E-state index contributed by atoms with van der Waals surface area (Å²) in [6.45, 7) is 0. The van der Waals surface area contributed by atoms with Crippen LogP contribution >= 0.6 is 11.6 Å². The number of nitrogens with zero attached hydrogens (tertiary/aromatic N) is 1. The number of hydrogen-bond donors (Lipinski definition) is 2. The Balaban J connectivity index is 1.80.